The molecule has 0 bridgehead atoms. The van der Waals surface area contributed by atoms with Crippen molar-refractivity contribution in [3.05, 3.63) is 28.8 Å². The normalized spacial score (nSPS) is 38.8. The molecule has 0 amide bonds. The number of Topliss-reactive ketones (excluding diaryl/α,β-unsaturated/α-hetero) is 1. The van der Waals surface area contributed by atoms with Gasteiger partial charge < -0.3 is 44.7 Å². The number of ketones is 1. The Morgan fingerprint density at radius 3 is 2.12 bits per heavy atom. The number of rotatable bonds is 8. The van der Waals surface area contributed by atoms with Crippen LogP contribution in [0.4, 0.5) is 5.69 Å². The van der Waals surface area contributed by atoms with Gasteiger partial charge in [0.2, 0.25) is 0 Å². The highest BCUT2D eigenvalue weighted by Gasteiger charge is 2.72. The molecule has 5 fully saturated rings. The van der Waals surface area contributed by atoms with Crippen molar-refractivity contribution in [2.75, 3.05) is 18.5 Å². The first-order valence-corrected chi connectivity index (χ1v) is 25.2. The molecule has 1 aromatic rings. The molecule has 10 heteroatoms. The Morgan fingerprint density at radius 1 is 0.922 bits per heavy atom. The molecule has 0 radical (unpaired) electrons. The third-order valence-corrected chi connectivity index (χ3v) is 18.2. The molecular weight excluding hydrogens is 807 g/mol. The molecule has 14 atom stereocenters. The number of carbonyl (C=O) groups excluding carboxylic acids is 1. The average molecular weight is 898 g/mol. The molecule has 64 heavy (non-hydrogen) atoms. The van der Waals surface area contributed by atoms with Crippen LogP contribution >= 0.6 is 0 Å². The van der Waals surface area contributed by atoms with Gasteiger partial charge in [-0.2, -0.15) is 0 Å². The minimum absolute atomic E-state index is 0.0221. The van der Waals surface area contributed by atoms with Crippen molar-refractivity contribution in [1.82, 2.24) is 0 Å². The highest BCUT2D eigenvalue weighted by molar-refractivity contribution is 6.02. The summed E-state index contributed by atoms with van der Waals surface area (Å²) in [6.07, 6.45) is 7.33. The summed E-state index contributed by atoms with van der Waals surface area (Å²) in [5, 5.41) is 45.3. The van der Waals surface area contributed by atoms with Gasteiger partial charge in [-0.25, -0.2) is 0 Å². The maximum Gasteiger partial charge on any atom is 0.169 e. The molecule has 14 unspecified atom stereocenters. The summed E-state index contributed by atoms with van der Waals surface area (Å²) >= 11 is 0. The summed E-state index contributed by atoms with van der Waals surface area (Å²) in [4.78, 5) is 14.2. The van der Waals surface area contributed by atoms with Crippen molar-refractivity contribution in [2.24, 2.45) is 39.9 Å². The summed E-state index contributed by atoms with van der Waals surface area (Å²) in [5.41, 5.74) is 2.05. The van der Waals surface area contributed by atoms with Gasteiger partial charge in [-0.1, -0.05) is 34.1 Å². The van der Waals surface area contributed by atoms with Crippen molar-refractivity contribution in [3.8, 4) is 0 Å². The minimum atomic E-state index is -0.971. The van der Waals surface area contributed by atoms with Crippen LogP contribution in [0.2, 0.25) is 0 Å². The van der Waals surface area contributed by atoms with E-state index >= 15 is 0 Å². The van der Waals surface area contributed by atoms with E-state index in [-0.39, 0.29) is 76.1 Å². The van der Waals surface area contributed by atoms with Crippen molar-refractivity contribution < 1.29 is 44.2 Å². The minimum Gasteiger partial charge on any atom is -0.394 e. The maximum atomic E-state index is 14.2. The first-order valence-electron chi connectivity index (χ1n) is 25.2. The zero-order chi connectivity index (χ0) is 48.0. The lowest BCUT2D eigenvalue weighted by molar-refractivity contribution is -0.287. The van der Waals surface area contributed by atoms with Gasteiger partial charge in [0.05, 0.1) is 71.0 Å². The number of hydrogen-bond donors (Lipinski definition) is 5. The van der Waals surface area contributed by atoms with E-state index < -0.39 is 22.9 Å². The van der Waals surface area contributed by atoms with Crippen molar-refractivity contribution in [2.45, 2.75) is 246 Å². The van der Waals surface area contributed by atoms with Gasteiger partial charge in [0.1, 0.15) is 0 Å². The number of fused-ring (bicyclic) bond motifs is 12. The van der Waals surface area contributed by atoms with Crippen LogP contribution in [0, 0.1) is 39.9 Å². The first kappa shape index (κ1) is 51.8. The summed E-state index contributed by atoms with van der Waals surface area (Å²) in [6, 6.07) is 4.62. The van der Waals surface area contributed by atoms with Crippen molar-refractivity contribution in [3.63, 3.8) is 0 Å². The van der Waals surface area contributed by atoms with E-state index in [4.69, 9.17) is 24.1 Å². The van der Waals surface area contributed by atoms with E-state index in [9.17, 15) is 20.1 Å². The number of benzene rings is 1. The number of hydrogen-bond acceptors (Lipinski definition) is 10. The Morgan fingerprint density at radius 2 is 1.58 bits per heavy atom. The topological polar surface area (TPSA) is 147 Å². The van der Waals surface area contributed by atoms with Crippen LogP contribution in [0.5, 0.6) is 0 Å². The van der Waals surface area contributed by atoms with Gasteiger partial charge in [0.15, 0.2) is 5.78 Å². The molecule has 3 aliphatic heterocycles. The van der Waals surface area contributed by atoms with Crippen LogP contribution in [0.25, 0.3) is 0 Å². The van der Waals surface area contributed by atoms with E-state index in [0.717, 1.165) is 57.1 Å². The Kier molecular flexibility index (Phi) is 14.3. The molecule has 366 valence electrons. The molecule has 3 heterocycles. The lowest BCUT2D eigenvalue weighted by Crippen LogP contribution is -2.69. The Bertz CT molecular complexity index is 1820. The standard InChI is InChI=1S/C38H55NO5.C10H22O3.C6H14O/c1-33(2,42)28-18-26(40)37(8)25-13-10-19-16-22-29-21-17-23-30(35(5,6)44-34(23,3)4)31(41)20(21)11-12-24(29)39-32(22)38(19,9)36(25,7)15-14-27(37)43-28;1-5-6-9(7-11)13-8(2)10(3,4)12;1-5-7-6(2,3)4/h11-12,19,22-23,25-28,30,32,39-40,42H,10,13-18H2,1-9H3;8-9,11-12H,5-7H2,1-4H3;5H2,1-4H3. The smallest absolute Gasteiger partial charge is 0.169 e. The Labute approximate surface area is 387 Å². The number of ether oxygens (including phenoxy) is 4. The molecular formula is C54H91NO9. The fourth-order valence-electron chi connectivity index (χ4n) is 14.6. The zero-order valence-electron chi connectivity index (χ0n) is 43.1. The van der Waals surface area contributed by atoms with E-state index in [1.54, 1.807) is 13.8 Å². The van der Waals surface area contributed by atoms with Gasteiger partial charge in [-0.15, -0.1) is 0 Å². The molecule has 1 aromatic carbocycles. The molecule has 8 rings (SSSR count). The lowest BCUT2D eigenvalue weighted by atomic mass is 9.39. The second-order valence-corrected chi connectivity index (χ2v) is 25.0. The van der Waals surface area contributed by atoms with Gasteiger partial charge in [0, 0.05) is 47.6 Å². The fourth-order valence-corrected chi connectivity index (χ4v) is 14.6. The summed E-state index contributed by atoms with van der Waals surface area (Å²) < 4.78 is 24.0. The van der Waals surface area contributed by atoms with E-state index in [0.29, 0.717) is 30.2 Å². The number of anilines is 1. The number of nitrogens with one attached hydrogen (secondary N) is 1. The molecule has 5 N–H and O–H groups in total. The Hall–Kier alpha value is -1.63. The lowest BCUT2D eigenvalue weighted by Gasteiger charge is -2.68. The molecule has 7 aliphatic rings. The maximum absolute atomic E-state index is 14.2. The Balaban J connectivity index is 0.000000285. The van der Waals surface area contributed by atoms with Crippen molar-refractivity contribution >= 4 is 11.5 Å². The van der Waals surface area contributed by atoms with Gasteiger partial charge in [-0.3, -0.25) is 4.79 Å². The molecule has 10 nitrogen and oxygen atoms in total. The molecule has 4 aliphatic carbocycles. The predicted molar refractivity (Wildman–Crippen MR) is 255 cm³/mol. The van der Waals surface area contributed by atoms with E-state index in [1.807, 2.05) is 34.6 Å². The fraction of sp³-hybridized carbons (Fsp3) is 0.870. The summed E-state index contributed by atoms with van der Waals surface area (Å²) in [7, 11) is 0. The second-order valence-electron chi connectivity index (χ2n) is 25.0. The predicted octanol–water partition coefficient (Wildman–Crippen LogP) is 9.80. The first-order chi connectivity index (χ1) is 29.3. The number of aliphatic hydroxyl groups is 4. The average Bonchev–Trinajstić information content (AvgIpc) is 3.74. The monoisotopic (exact) mass is 898 g/mol. The van der Waals surface area contributed by atoms with Crippen LogP contribution in [0.3, 0.4) is 0 Å². The number of aliphatic hydroxyl groups excluding tert-OH is 2. The second kappa shape index (κ2) is 17.7. The van der Waals surface area contributed by atoms with Crippen LogP contribution in [0.1, 0.15) is 196 Å². The SMILES string of the molecule is CC(C)(O)C1CC(O)C2(C)C(CCC3(C)C2CCC2CC4c5c(ccc6c5CC5C(C6=O)C(C)(C)OC5(C)C)NC4C23C)O1.CCCC(CO)OC(C)C(C)(C)O.CCOC(C)(C)C. The zero-order valence-corrected chi connectivity index (χ0v) is 43.1. The molecule has 2 saturated heterocycles. The third-order valence-electron chi connectivity index (χ3n) is 18.2. The third kappa shape index (κ3) is 8.93. The van der Waals surface area contributed by atoms with Crippen molar-refractivity contribution in [1.29, 1.82) is 0 Å². The molecule has 0 spiro atoms. The van der Waals surface area contributed by atoms with Crippen LogP contribution in [-0.4, -0.2) is 104 Å². The highest BCUT2D eigenvalue weighted by atomic mass is 16.5. The van der Waals surface area contributed by atoms with Gasteiger partial charge in [-0.05, 0) is 181 Å². The van der Waals surface area contributed by atoms with E-state index in [1.165, 1.54) is 23.2 Å². The quantitative estimate of drug-likeness (QED) is 0.171. The summed E-state index contributed by atoms with van der Waals surface area (Å²) in [6.45, 7) is 35.8. The number of carbonyl (C=O) groups is 1. The van der Waals surface area contributed by atoms with E-state index in [2.05, 4.69) is 86.7 Å². The van der Waals surface area contributed by atoms with Crippen LogP contribution < -0.4 is 5.32 Å². The highest BCUT2D eigenvalue weighted by Crippen LogP contribution is 2.75. The van der Waals surface area contributed by atoms with Crippen LogP contribution in [-0.2, 0) is 25.4 Å². The largest absolute Gasteiger partial charge is 0.394 e. The van der Waals surface area contributed by atoms with Gasteiger partial charge >= 0.3 is 0 Å². The molecule has 0 aromatic heterocycles. The van der Waals surface area contributed by atoms with Crippen LogP contribution in [0.15, 0.2) is 12.1 Å². The molecule has 3 saturated carbocycles. The summed E-state index contributed by atoms with van der Waals surface area (Å²) in [5.74, 6) is 1.68. The van der Waals surface area contributed by atoms with Gasteiger partial charge in [0.25, 0.3) is 0 Å².